The lowest BCUT2D eigenvalue weighted by Gasteiger charge is -2.19. The first-order valence-electron chi connectivity index (χ1n) is 6.64. The van der Waals surface area contributed by atoms with Crippen molar-refractivity contribution in [2.24, 2.45) is 5.41 Å². The average molecular weight is 256 g/mol. The van der Waals surface area contributed by atoms with Gasteiger partial charge in [-0.1, -0.05) is 27.2 Å². The van der Waals surface area contributed by atoms with Gasteiger partial charge in [0.2, 0.25) is 0 Å². The van der Waals surface area contributed by atoms with Gasteiger partial charge in [0.25, 0.3) is 0 Å². The summed E-state index contributed by atoms with van der Waals surface area (Å²) in [4.78, 5) is 22.6. The second-order valence-corrected chi connectivity index (χ2v) is 5.90. The number of amides is 2. The van der Waals surface area contributed by atoms with Crippen LogP contribution in [-0.2, 0) is 4.79 Å². The van der Waals surface area contributed by atoms with Crippen LogP contribution < -0.4 is 10.6 Å². The van der Waals surface area contributed by atoms with Crippen molar-refractivity contribution in [3.63, 3.8) is 0 Å². The number of nitrogens with one attached hydrogen (secondary N) is 2. The Hall–Kier alpha value is -1.26. The Balaban J connectivity index is 2.39. The number of aliphatic carboxylic acids is 1. The van der Waals surface area contributed by atoms with Crippen LogP contribution in [0.1, 0.15) is 52.9 Å². The number of carbonyl (C=O) groups excluding carboxylic acids is 1. The molecule has 1 unspecified atom stereocenters. The zero-order chi connectivity index (χ0) is 13.8. The van der Waals surface area contributed by atoms with E-state index in [9.17, 15) is 9.59 Å². The zero-order valence-corrected chi connectivity index (χ0v) is 11.5. The van der Waals surface area contributed by atoms with Crippen molar-refractivity contribution in [1.82, 2.24) is 10.6 Å². The maximum Gasteiger partial charge on any atom is 0.326 e. The lowest BCUT2D eigenvalue weighted by atomic mass is 9.92. The summed E-state index contributed by atoms with van der Waals surface area (Å²) in [6.45, 7) is 6.27. The molecule has 2 atom stereocenters. The van der Waals surface area contributed by atoms with E-state index in [2.05, 4.69) is 24.5 Å². The largest absolute Gasteiger partial charge is 0.480 e. The van der Waals surface area contributed by atoms with Gasteiger partial charge in [0.15, 0.2) is 0 Å². The van der Waals surface area contributed by atoms with Gasteiger partial charge in [0.05, 0.1) is 0 Å². The van der Waals surface area contributed by atoms with Crippen LogP contribution in [0.3, 0.4) is 0 Å². The van der Waals surface area contributed by atoms with Gasteiger partial charge in [0, 0.05) is 6.04 Å². The van der Waals surface area contributed by atoms with E-state index in [4.69, 9.17) is 5.11 Å². The SMILES string of the molecule is CCC[C@H](NC(=O)NC1CCC(C)(C)C1)C(=O)O. The molecule has 2 amide bonds. The smallest absolute Gasteiger partial charge is 0.326 e. The van der Waals surface area contributed by atoms with Crippen LogP contribution in [0.15, 0.2) is 0 Å². The van der Waals surface area contributed by atoms with Crippen LogP contribution in [0.4, 0.5) is 4.79 Å². The standard InChI is InChI=1S/C13H24N2O3/c1-4-5-10(11(16)17)15-12(18)14-9-6-7-13(2,3)8-9/h9-10H,4-8H2,1-3H3,(H,16,17)(H2,14,15,18)/t9?,10-/m0/s1. The number of carbonyl (C=O) groups is 2. The molecule has 1 rings (SSSR count). The van der Waals surface area contributed by atoms with E-state index in [0.29, 0.717) is 6.42 Å². The molecule has 18 heavy (non-hydrogen) atoms. The molecule has 0 spiro atoms. The third kappa shape index (κ3) is 4.55. The molecule has 0 radical (unpaired) electrons. The van der Waals surface area contributed by atoms with E-state index in [-0.39, 0.29) is 17.5 Å². The second-order valence-electron chi connectivity index (χ2n) is 5.90. The number of urea groups is 1. The van der Waals surface area contributed by atoms with Gasteiger partial charge in [0.1, 0.15) is 6.04 Å². The lowest BCUT2D eigenvalue weighted by molar-refractivity contribution is -0.139. The Bertz CT molecular complexity index is 315. The Morgan fingerprint density at radius 2 is 2.11 bits per heavy atom. The number of carboxylic acid groups (broad SMARTS) is 1. The third-order valence-electron chi connectivity index (χ3n) is 3.48. The fourth-order valence-electron chi connectivity index (χ4n) is 2.49. The van der Waals surface area contributed by atoms with E-state index >= 15 is 0 Å². The van der Waals surface area contributed by atoms with Crippen LogP contribution in [0.25, 0.3) is 0 Å². The van der Waals surface area contributed by atoms with Crippen LogP contribution in [-0.4, -0.2) is 29.2 Å². The first-order valence-corrected chi connectivity index (χ1v) is 6.64. The molecule has 1 aliphatic carbocycles. The molecule has 1 fully saturated rings. The van der Waals surface area contributed by atoms with Crippen molar-refractivity contribution in [2.75, 3.05) is 0 Å². The highest BCUT2D eigenvalue weighted by molar-refractivity contribution is 5.82. The Labute approximate surface area is 108 Å². The summed E-state index contributed by atoms with van der Waals surface area (Å²) in [5.41, 5.74) is 0.271. The van der Waals surface area contributed by atoms with Gasteiger partial charge in [-0.05, 0) is 31.1 Å². The van der Waals surface area contributed by atoms with Crippen LogP contribution in [0, 0.1) is 5.41 Å². The van der Waals surface area contributed by atoms with Crippen molar-refractivity contribution in [3.05, 3.63) is 0 Å². The number of carboxylic acids is 1. The molecule has 5 nitrogen and oxygen atoms in total. The molecule has 1 aliphatic rings. The molecule has 0 bridgehead atoms. The van der Waals surface area contributed by atoms with Crippen molar-refractivity contribution >= 4 is 12.0 Å². The summed E-state index contributed by atoms with van der Waals surface area (Å²) < 4.78 is 0. The Kier molecular flexibility index (Phi) is 4.99. The fraction of sp³-hybridized carbons (Fsp3) is 0.846. The Morgan fingerprint density at radius 1 is 1.44 bits per heavy atom. The number of rotatable bonds is 5. The van der Waals surface area contributed by atoms with Gasteiger partial charge in [-0.3, -0.25) is 0 Å². The third-order valence-corrected chi connectivity index (χ3v) is 3.48. The topological polar surface area (TPSA) is 78.4 Å². The maximum atomic E-state index is 11.7. The molecule has 3 N–H and O–H groups in total. The zero-order valence-electron chi connectivity index (χ0n) is 11.5. The maximum absolute atomic E-state index is 11.7. The summed E-state index contributed by atoms with van der Waals surface area (Å²) in [5.74, 6) is -0.973. The highest BCUT2D eigenvalue weighted by Crippen LogP contribution is 2.36. The van der Waals surface area contributed by atoms with Crippen molar-refractivity contribution in [1.29, 1.82) is 0 Å². The highest BCUT2D eigenvalue weighted by atomic mass is 16.4. The predicted molar refractivity (Wildman–Crippen MR) is 69.4 cm³/mol. The minimum absolute atomic E-state index is 0.163. The molecular formula is C13H24N2O3. The van der Waals surface area contributed by atoms with E-state index in [1.807, 2.05) is 6.92 Å². The molecule has 0 aromatic heterocycles. The number of hydrogen-bond donors (Lipinski definition) is 3. The molecule has 0 aromatic carbocycles. The molecule has 0 heterocycles. The summed E-state index contributed by atoms with van der Waals surface area (Å²) in [5, 5.41) is 14.3. The van der Waals surface area contributed by atoms with Gasteiger partial charge in [-0.2, -0.15) is 0 Å². The molecule has 0 aromatic rings. The van der Waals surface area contributed by atoms with E-state index in [1.165, 1.54) is 0 Å². The summed E-state index contributed by atoms with van der Waals surface area (Å²) in [6.07, 6.45) is 4.19. The predicted octanol–water partition coefficient (Wildman–Crippen LogP) is 2.12. The minimum Gasteiger partial charge on any atom is -0.480 e. The first-order chi connectivity index (χ1) is 8.34. The first kappa shape index (κ1) is 14.8. The molecule has 0 saturated heterocycles. The molecule has 5 heteroatoms. The fourth-order valence-corrected chi connectivity index (χ4v) is 2.49. The van der Waals surface area contributed by atoms with Crippen LogP contribution in [0.5, 0.6) is 0 Å². The molecular weight excluding hydrogens is 232 g/mol. The minimum atomic E-state index is -0.973. The molecule has 0 aliphatic heterocycles. The lowest BCUT2D eigenvalue weighted by Crippen LogP contribution is -2.48. The summed E-state index contributed by atoms with van der Waals surface area (Å²) in [6, 6.07) is -0.987. The van der Waals surface area contributed by atoms with E-state index in [0.717, 1.165) is 25.7 Å². The highest BCUT2D eigenvalue weighted by Gasteiger charge is 2.32. The van der Waals surface area contributed by atoms with Crippen molar-refractivity contribution in [2.45, 2.75) is 65.0 Å². The quantitative estimate of drug-likeness (QED) is 0.705. The van der Waals surface area contributed by atoms with Gasteiger partial charge in [-0.15, -0.1) is 0 Å². The summed E-state index contributed by atoms with van der Waals surface area (Å²) >= 11 is 0. The second kappa shape index (κ2) is 6.07. The van der Waals surface area contributed by atoms with Crippen molar-refractivity contribution < 1.29 is 14.7 Å². The van der Waals surface area contributed by atoms with Gasteiger partial charge < -0.3 is 15.7 Å². The number of hydrogen-bond acceptors (Lipinski definition) is 2. The normalized spacial score (nSPS) is 23.4. The summed E-state index contributed by atoms with van der Waals surface area (Å²) in [7, 11) is 0. The molecule has 1 saturated carbocycles. The van der Waals surface area contributed by atoms with Crippen LogP contribution in [0.2, 0.25) is 0 Å². The van der Waals surface area contributed by atoms with Gasteiger partial charge >= 0.3 is 12.0 Å². The monoisotopic (exact) mass is 256 g/mol. The molecule has 104 valence electrons. The van der Waals surface area contributed by atoms with Gasteiger partial charge in [-0.25, -0.2) is 9.59 Å². The van der Waals surface area contributed by atoms with Crippen LogP contribution >= 0.6 is 0 Å². The Morgan fingerprint density at radius 3 is 2.56 bits per heavy atom. The van der Waals surface area contributed by atoms with E-state index in [1.54, 1.807) is 0 Å². The van der Waals surface area contributed by atoms with Crippen molar-refractivity contribution in [3.8, 4) is 0 Å². The van der Waals surface area contributed by atoms with E-state index < -0.39 is 12.0 Å². The average Bonchev–Trinajstić information content (AvgIpc) is 2.57.